The first-order valence-corrected chi connectivity index (χ1v) is 8.66. The first kappa shape index (κ1) is 15.7. The summed E-state index contributed by atoms with van der Waals surface area (Å²) >= 11 is 2.86. The van der Waals surface area contributed by atoms with E-state index in [1.54, 1.807) is 6.20 Å². The summed E-state index contributed by atoms with van der Waals surface area (Å²) in [5.74, 6) is 0.856. The molecule has 3 rings (SSSR count). The van der Waals surface area contributed by atoms with Crippen molar-refractivity contribution >= 4 is 34.0 Å². The zero-order valence-electron chi connectivity index (χ0n) is 12.3. The normalized spacial score (nSPS) is 11.2. The fraction of sp³-hybridized carbons (Fsp3) is 0.308. The largest absolute Gasteiger partial charge is 0.370 e. The molecule has 23 heavy (non-hydrogen) atoms. The molecule has 3 aromatic heterocycles. The van der Waals surface area contributed by atoms with E-state index in [0.29, 0.717) is 33.8 Å². The summed E-state index contributed by atoms with van der Waals surface area (Å²) in [4.78, 5) is 27.9. The van der Waals surface area contributed by atoms with E-state index >= 15 is 0 Å². The van der Waals surface area contributed by atoms with Crippen LogP contribution in [0.25, 0.3) is 4.96 Å². The molecule has 0 saturated heterocycles. The summed E-state index contributed by atoms with van der Waals surface area (Å²) in [5.41, 5.74) is 5.75. The second-order valence-corrected chi connectivity index (χ2v) is 6.67. The average molecular weight is 350 g/mol. The number of hydrogen-bond donors (Lipinski definition) is 1. The third kappa shape index (κ3) is 3.42. The summed E-state index contributed by atoms with van der Waals surface area (Å²) in [6.07, 6.45) is 2.41. The van der Waals surface area contributed by atoms with Crippen molar-refractivity contribution in [2.24, 2.45) is 12.8 Å². The molecule has 0 atom stereocenters. The Hall–Kier alpha value is -2.20. The predicted octanol–water partition coefficient (Wildman–Crippen LogP) is 0.595. The highest BCUT2D eigenvalue weighted by Gasteiger charge is 2.11. The number of rotatable bonds is 6. The maximum atomic E-state index is 11.9. The number of hydrogen-bond acceptors (Lipinski definition) is 7. The Bertz CT molecular complexity index is 913. The van der Waals surface area contributed by atoms with Gasteiger partial charge in [0.15, 0.2) is 10.1 Å². The van der Waals surface area contributed by atoms with Gasteiger partial charge in [0.2, 0.25) is 5.91 Å². The van der Waals surface area contributed by atoms with E-state index in [2.05, 4.69) is 15.2 Å². The van der Waals surface area contributed by atoms with Gasteiger partial charge in [-0.05, 0) is 0 Å². The third-order valence-corrected chi connectivity index (χ3v) is 5.04. The van der Waals surface area contributed by atoms with E-state index in [0.717, 1.165) is 0 Å². The van der Waals surface area contributed by atoms with Gasteiger partial charge >= 0.3 is 0 Å². The van der Waals surface area contributed by atoms with Gasteiger partial charge < -0.3 is 10.3 Å². The van der Waals surface area contributed by atoms with Crippen molar-refractivity contribution < 1.29 is 4.79 Å². The van der Waals surface area contributed by atoms with Gasteiger partial charge in [-0.1, -0.05) is 11.8 Å². The standard InChI is InChI=1S/C13H14N6O2S2/c1-18-10(3-2-9(14)20)16-17-13(18)23-7-8-6-11(21)19-4-5-22-12(19)15-8/h4-6H,2-3,7H2,1H3,(H2,14,20). The number of aromatic nitrogens is 5. The van der Waals surface area contributed by atoms with Gasteiger partial charge in [0.25, 0.3) is 5.56 Å². The molecule has 10 heteroatoms. The molecule has 0 saturated carbocycles. The molecule has 0 bridgehead atoms. The first-order valence-electron chi connectivity index (χ1n) is 6.80. The smallest absolute Gasteiger partial charge is 0.258 e. The zero-order chi connectivity index (χ0) is 16.4. The molecule has 0 unspecified atom stereocenters. The number of thioether (sulfide) groups is 1. The lowest BCUT2D eigenvalue weighted by molar-refractivity contribution is -0.118. The molecule has 0 spiro atoms. The molecule has 0 aliphatic heterocycles. The summed E-state index contributed by atoms with van der Waals surface area (Å²) < 4.78 is 3.34. The van der Waals surface area contributed by atoms with Crippen LogP contribution >= 0.6 is 23.1 Å². The number of nitrogens with zero attached hydrogens (tertiary/aromatic N) is 5. The van der Waals surface area contributed by atoms with Gasteiger partial charge in [0, 0.05) is 43.3 Å². The van der Waals surface area contributed by atoms with E-state index in [-0.39, 0.29) is 17.9 Å². The maximum Gasteiger partial charge on any atom is 0.258 e. The maximum absolute atomic E-state index is 11.9. The lowest BCUT2D eigenvalue weighted by atomic mass is 10.3. The van der Waals surface area contributed by atoms with Crippen LogP contribution in [-0.2, 0) is 24.0 Å². The molecule has 120 valence electrons. The van der Waals surface area contributed by atoms with Crippen LogP contribution < -0.4 is 11.3 Å². The SMILES string of the molecule is Cn1c(CCC(N)=O)nnc1SCc1cc(=O)n2ccsc2n1. The van der Waals surface area contributed by atoms with Crippen molar-refractivity contribution in [3.63, 3.8) is 0 Å². The fourth-order valence-corrected chi connectivity index (χ4v) is 3.58. The highest BCUT2D eigenvalue weighted by Crippen LogP contribution is 2.20. The minimum Gasteiger partial charge on any atom is -0.370 e. The number of carbonyl (C=O) groups excluding carboxylic acids is 1. The van der Waals surface area contributed by atoms with Crippen molar-refractivity contribution in [1.82, 2.24) is 24.1 Å². The fourth-order valence-electron chi connectivity index (χ4n) is 2.02. The molecule has 0 radical (unpaired) electrons. The van der Waals surface area contributed by atoms with E-state index in [4.69, 9.17) is 5.73 Å². The van der Waals surface area contributed by atoms with Crippen LogP contribution in [0.5, 0.6) is 0 Å². The molecule has 0 aliphatic rings. The van der Waals surface area contributed by atoms with Crippen LogP contribution in [0.4, 0.5) is 0 Å². The van der Waals surface area contributed by atoms with E-state index in [1.165, 1.54) is 33.6 Å². The summed E-state index contributed by atoms with van der Waals surface area (Å²) in [6, 6.07) is 1.52. The van der Waals surface area contributed by atoms with Crippen molar-refractivity contribution in [3.05, 3.63) is 39.5 Å². The second kappa shape index (κ2) is 6.50. The topological polar surface area (TPSA) is 108 Å². The Morgan fingerprint density at radius 2 is 2.26 bits per heavy atom. The van der Waals surface area contributed by atoms with Gasteiger partial charge in [0.1, 0.15) is 5.82 Å². The number of primary amides is 1. The third-order valence-electron chi connectivity index (χ3n) is 3.23. The average Bonchev–Trinajstić information content (AvgIpc) is 3.10. The van der Waals surface area contributed by atoms with Crippen LogP contribution in [0.3, 0.4) is 0 Å². The molecule has 1 amide bonds. The zero-order valence-corrected chi connectivity index (χ0v) is 13.9. The van der Waals surface area contributed by atoms with Gasteiger partial charge in [-0.2, -0.15) is 0 Å². The van der Waals surface area contributed by atoms with Crippen molar-refractivity contribution in [3.8, 4) is 0 Å². The van der Waals surface area contributed by atoms with Gasteiger partial charge in [-0.15, -0.1) is 21.5 Å². The van der Waals surface area contributed by atoms with Crippen LogP contribution in [-0.4, -0.2) is 30.1 Å². The monoisotopic (exact) mass is 350 g/mol. The second-order valence-electron chi connectivity index (χ2n) is 4.85. The molecular formula is C13H14N6O2S2. The Kier molecular flexibility index (Phi) is 4.44. The quantitative estimate of drug-likeness (QED) is 0.652. The van der Waals surface area contributed by atoms with E-state index in [1.807, 2.05) is 17.0 Å². The number of thiazole rings is 1. The van der Waals surface area contributed by atoms with Crippen LogP contribution in [0.2, 0.25) is 0 Å². The van der Waals surface area contributed by atoms with Crippen LogP contribution in [0, 0.1) is 0 Å². The van der Waals surface area contributed by atoms with Crippen molar-refractivity contribution in [2.75, 3.05) is 0 Å². The number of fused-ring (bicyclic) bond motifs is 1. The van der Waals surface area contributed by atoms with Gasteiger partial charge in [0.05, 0.1) is 5.69 Å². The number of carbonyl (C=O) groups is 1. The Labute approximate surface area is 139 Å². The molecule has 2 N–H and O–H groups in total. The predicted molar refractivity (Wildman–Crippen MR) is 87.4 cm³/mol. The molecular weight excluding hydrogens is 336 g/mol. The molecule has 3 heterocycles. The van der Waals surface area contributed by atoms with Gasteiger partial charge in [-0.25, -0.2) is 4.98 Å². The van der Waals surface area contributed by atoms with Crippen LogP contribution in [0.15, 0.2) is 27.6 Å². The molecule has 8 nitrogen and oxygen atoms in total. The molecule has 0 fully saturated rings. The molecule has 0 aromatic carbocycles. The lowest BCUT2D eigenvalue weighted by Crippen LogP contribution is -2.13. The number of aryl methyl sites for hydroxylation is 1. The Morgan fingerprint density at radius 1 is 1.43 bits per heavy atom. The highest BCUT2D eigenvalue weighted by molar-refractivity contribution is 7.98. The van der Waals surface area contributed by atoms with Crippen LogP contribution in [0.1, 0.15) is 17.9 Å². The molecule has 0 aliphatic carbocycles. The Balaban J connectivity index is 1.72. The Morgan fingerprint density at radius 3 is 3.04 bits per heavy atom. The highest BCUT2D eigenvalue weighted by atomic mass is 32.2. The van der Waals surface area contributed by atoms with Crippen molar-refractivity contribution in [1.29, 1.82) is 0 Å². The minimum absolute atomic E-state index is 0.0908. The summed E-state index contributed by atoms with van der Waals surface area (Å²) in [5, 5.41) is 10.7. The van der Waals surface area contributed by atoms with Gasteiger partial charge in [-0.3, -0.25) is 14.0 Å². The van der Waals surface area contributed by atoms with E-state index in [9.17, 15) is 9.59 Å². The van der Waals surface area contributed by atoms with E-state index < -0.39 is 0 Å². The number of amides is 1. The number of nitrogens with two attached hydrogens (primary N) is 1. The first-order chi connectivity index (χ1) is 11.0. The summed E-state index contributed by atoms with van der Waals surface area (Å²) in [6.45, 7) is 0. The summed E-state index contributed by atoms with van der Waals surface area (Å²) in [7, 11) is 1.84. The molecule has 3 aromatic rings. The minimum atomic E-state index is -0.365. The lowest BCUT2D eigenvalue weighted by Gasteiger charge is -2.03. The van der Waals surface area contributed by atoms with Crippen molar-refractivity contribution in [2.45, 2.75) is 23.8 Å².